The molecule has 2 atom stereocenters. The third-order valence-electron chi connectivity index (χ3n) is 3.04. The van der Waals surface area contributed by atoms with Gasteiger partial charge in [0, 0.05) is 7.11 Å². The minimum atomic E-state index is -3.78. The van der Waals surface area contributed by atoms with Crippen LogP contribution in [0.3, 0.4) is 0 Å². The molecule has 24 heavy (non-hydrogen) atoms. The van der Waals surface area contributed by atoms with Crippen LogP contribution in [0.25, 0.3) is 0 Å². The highest BCUT2D eigenvalue weighted by molar-refractivity contribution is 7.86. The third kappa shape index (κ3) is 8.37. The Balaban J connectivity index is 4.85. The average molecular weight is 367 g/mol. The predicted molar refractivity (Wildman–Crippen MR) is 84.7 cm³/mol. The number of hydrogen-bond donors (Lipinski definition) is 1. The molecular formula is C14H25NO8S. The summed E-state index contributed by atoms with van der Waals surface area (Å²) in [6.45, 7) is 5.61. The smallest absolute Gasteiger partial charge is 0.335 e. The molecule has 140 valence electrons. The molecule has 0 aromatic heterocycles. The quantitative estimate of drug-likeness (QED) is 0.415. The maximum Gasteiger partial charge on any atom is 0.335 e. The van der Waals surface area contributed by atoms with Gasteiger partial charge in [-0.3, -0.25) is 13.8 Å². The number of methoxy groups -OCH3 is 1. The summed E-state index contributed by atoms with van der Waals surface area (Å²) in [6, 6.07) is 0. The highest BCUT2D eigenvalue weighted by Gasteiger charge is 2.31. The van der Waals surface area contributed by atoms with Crippen molar-refractivity contribution < 1.29 is 36.5 Å². The molecule has 10 heteroatoms. The van der Waals surface area contributed by atoms with E-state index in [0.717, 1.165) is 7.11 Å². The standard InChI is InChI=1S/C14H25NO8S/c1-9(16)11(23-13(18)10(2)21-5)7-12(17)15-14(3,4)8-24(19,20)22-6/h10-11H,7-8H2,1-6H3,(H,15,17). The van der Waals surface area contributed by atoms with Crippen LogP contribution in [-0.4, -0.2) is 63.8 Å². The first-order valence-electron chi connectivity index (χ1n) is 7.16. The first-order valence-corrected chi connectivity index (χ1v) is 8.74. The second-order valence-electron chi connectivity index (χ2n) is 5.92. The first kappa shape index (κ1) is 22.5. The number of Topliss-reactive ketones (excluding diaryl/α,β-unsaturated/α-hetero) is 1. The molecule has 0 aromatic rings. The van der Waals surface area contributed by atoms with E-state index in [1.165, 1.54) is 34.8 Å². The largest absolute Gasteiger partial charge is 0.452 e. The number of hydrogen-bond acceptors (Lipinski definition) is 8. The van der Waals surface area contributed by atoms with Crippen LogP contribution in [0, 0.1) is 0 Å². The van der Waals surface area contributed by atoms with Gasteiger partial charge in [0.25, 0.3) is 10.1 Å². The van der Waals surface area contributed by atoms with Crippen LogP contribution >= 0.6 is 0 Å². The Hall–Kier alpha value is -1.52. The number of nitrogens with one attached hydrogen (secondary N) is 1. The van der Waals surface area contributed by atoms with Crippen molar-refractivity contribution in [2.75, 3.05) is 20.0 Å². The van der Waals surface area contributed by atoms with E-state index < -0.39 is 57.7 Å². The molecule has 2 unspecified atom stereocenters. The van der Waals surface area contributed by atoms with Gasteiger partial charge in [-0.15, -0.1) is 0 Å². The zero-order valence-electron chi connectivity index (χ0n) is 14.7. The van der Waals surface area contributed by atoms with E-state index in [1.54, 1.807) is 0 Å². The summed E-state index contributed by atoms with van der Waals surface area (Å²) in [5.41, 5.74) is -1.13. The number of carbonyl (C=O) groups is 3. The Bertz CT molecular complexity index is 569. The van der Waals surface area contributed by atoms with Crippen molar-refractivity contribution in [3.05, 3.63) is 0 Å². The molecule has 0 saturated heterocycles. The molecule has 0 aliphatic carbocycles. The Morgan fingerprint density at radius 1 is 1.17 bits per heavy atom. The van der Waals surface area contributed by atoms with Crippen LogP contribution < -0.4 is 5.32 Å². The van der Waals surface area contributed by atoms with Gasteiger partial charge in [-0.2, -0.15) is 8.42 Å². The summed E-state index contributed by atoms with van der Waals surface area (Å²) in [5.74, 6) is -2.37. The number of ketones is 1. The molecule has 9 nitrogen and oxygen atoms in total. The lowest BCUT2D eigenvalue weighted by atomic mass is 10.1. The summed E-state index contributed by atoms with van der Waals surface area (Å²) in [5, 5.41) is 2.48. The molecule has 0 bridgehead atoms. The molecule has 0 radical (unpaired) electrons. The number of ether oxygens (including phenoxy) is 2. The molecule has 0 aliphatic heterocycles. The van der Waals surface area contributed by atoms with Crippen LogP contribution in [0.5, 0.6) is 0 Å². The van der Waals surface area contributed by atoms with Gasteiger partial charge in [0.1, 0.15) is 0 Å². The second kappa shape index (κ2) is 9.09. The lowest BCUT2D eigenvalue weighted by molar-refractivity contribution is -0.164. The van der Waals surface area contributed by atoms with Gasteiger partial charge in [0.05, 0.1) is 24.8 Å². The topological polar surface area (TPSA) is 125 Å². The van der Waals surface area contributed by atoms with Crippen LogP contribution in [0.2, 0.25) is 0 Å². The van der Waals surface area contributed by atoms with Gasteiger partial charge < -0.3 is 14.8 Å². The molecule has 0 fully saturated rings. The summed E-state index contributed by atoms with van der Waals surface area (Å²) >= 11 is 0. The van der Waals surface area contributed by atoms with E-state index in [-0.39, 0.29) is 0 Å². The molecule has 1 amide bonds. The Morgan fingerprint density at radius 3 is 2.12 bits per heavy atom. The van der Waals surface area contributed by atoms with Crippen LogP contribution in [0.4, 0.5) is 0 Å². The molecule has 0 aromatic carbocycles. The maximum atomic E-state index is 12.0. The fourth-order valence-corrected chi connectivity index (χ4v) is 2.81. The number of rotatable bonds is 10. The van der Waals surface area contributed by atoms with Gasteiger partial charge >= 0.3 is 5.97 Å². The van der Waals surface area contributed by atoms with Crippen molar-refractivity contribution in [3.8, 4) is 0 Å². The van der Waals surface area contributed by atoms with Crippen LogP contribution in [0.15, 0.2) is 0 Å². The summed E-state index contributed by atoms with van der Waals surface area (Å²) in [4.78, 5) is 35.3. The molecule has 1 N–H and O–H groups in total. The Kier molecular flexibility index (Phi) is 8.52. The predicted octanol–water partition coefficient (Wildman–Crippen LogP) is -0.217. The normalized spacial score (nSPS) is 14.6. The summed E-state index contributed by atoms with van der Waals surface area (Å²) in [6.07, 6.45) is -2.57. The van der Waals surface area contributed by atoms with Gasteiger partial charge in [0.15, 0.2) is 18.0 Å². The number of esters is 1. The van der Waals surface area contributed by atoms with E-state index in [2.05, 4.69) is 9.50 Å². The van der Waals surface area contributed by atoms with Gasteiger partial charge in [-0.1, -0.05) is 0 Å². The van der Waals surface area contributed by atoms with E-state index in [0.29, 0.717) is 0 Å². The van der Waals surface area contributed by atoms with Crippen molar-refractivity contribution >= 4 is 27.8 Å². The second-order valence-corrected chi connectivity index (χ2v) is 7.66. The zero-order chi connectivity index (χ0) is 19.1. The average Bonchev–Trinajstić information content (AvgIpc) is 2.43. The van der Waals surface area contributed by atoms with Crippen molar-refractivity contribution in [1.82, 2.24) is 5.32 Å². The third-order valence-corrected chi connectivity index (χ3v) is 4.62. The highest BCUT2D eigenvalue weighted by Crippen LogP contribution is 2.10. The fraction of sp³-hybridized carbons (Fsp3) is 0.786. The Morgan fingerprint density at radius 2 is 1.71 bits per heavy atom. The lowest BCUT2D eigenvalue weighted by Crippen LogP contribution is -2.49. The summed E-state index contributed by atoms with van der Waals surface area (Å²) < 4.78 is 37.0. The monoisotopic (exact) mass is 367 g/mol. The first-order chi connectivity index (χ1) is 10.8. The van der Waals surface area contributed by atoms with E-state index in [9.17, 15) is 22.8 Å². The van der Waals surface area contributed by atoms with Crippen LogP contribution in [0.1, 0.15) is 34.1 Å². The SMILES string of the molecule is COC(C)C(=O)OC(CC(=O)NC(C)(C)CS(=O)(=O)OC)C(C)=O. The molecule has 0 rings (SSSR count). The van der Waals surface area contributed by atoms with Crippen molar-refractivity contribution in [3.63, 3.8) is 0 Å². The molecule has 0 heterocycles. The van der Waals surface area contributed by atoms with Gasteiger partial charge in [0.2, 0.25) is 5.91 Å². The molecular weight excluding hydrogens is 342 g/mol. The van der Waals surface area contributed by atoms with Crippen molar-refractivity contribution in [2.24, 2.45) is 0 Å². The van der Waals surface area contributed by atoms with E-state index >= 15 is 0 Å². The highest BCUT2D eigenvalue weighted by atomic mass is 32.2. The fourth-order valence-electron chi connectivity index (χ4n) is 1.73. The van der Waals surface area contributed by atoms with Crippen molar-refractivity contribution in [2.45, 2.75) is 51.9 Å². The molecule has 0 aliphatic rings. The van der Waals surface area contributed by atoms with E-state index in [1.807, 2.05) is 0 Å². The van der Waals surface area contributed by atoms with E-state index in [4.69, 9.17) is 9.47 Å². The van der Waals surface area contributed by atoms with Crippen LogP contribution in [-0.2, 0) is 38.2 Å². The van der Waals surface area contributed by atoms with Gasteiger partial charge in [-0.25, -0.2) is 4.79 Å². The lowest BCUT2D eigenvalue weighted by Gasteiger charge is -2.26. The molecule has 0 spiro atoms. The number of amides is 1. The minimum Gasteiger partial charge on any atom is -0.452 e. The summed E-state index contributed by atoms with van der Waals surface area (Å²) in [7, 11) is -1.46. The number of carbonyl (C=O) groups excluding carboxylic acids is 3. The Labute approximate surface area is 142 Å². The maximum absolute atomic E-state index is 12.0. The zero-order valence-corrected chi connectivity index (χ0v) is 15.6. The molecule has 0 saturated carbocycles. The van der Waals surface area contributed by atoms with Gasteiger partial charge in [-0.05, 0) is 27.7 Å². The minimum absolute atomic E-state index is 0.423. The van der Waals surface area contributed by atoms with Crippen molar-refractivity contribution in [1.29, 1.82) is 0 Å².